The normalized spacial score (nSPS) is 28.3. The van der Waals surface area contributed by atoms with Crippen LogP contribution < -0.4 is 0 Å². The van der Waals surface area contributed by atoms with Crippen molar-refractivity contribution in [2.24, 2.45) is 0 Å². The van der Waals surface area contributed by atoms with E-state index in [0.29, 0.717) is 24.5 Å². The maximum Gasteiger partial charge on any atom is 0.267 e. The average Bonchev–Trinajstić information content (AvgIpc) is 2.33. The Morgan fingerprint density at radius 2 is 1.38 bits per heavy atom. The van der Waals surface area contributed by atoms with Crippen LogP contribution >= 0.6 is 0 Å². The fourth-order valence-corrected chi connectivity index (χ4v) is 2.58. The molecule has 0 aromatic rings. The minimum atomic E-state index is -3.05. The number of hydrogen-bond acceptors (Lipinski definition) is 5. The van der Waals surface area contributed by atoms with Gasteiger partial charge >= 0.3 is 0 Å². The molecule has 0 bridgehead atoms. The van der Waals surface area contributed by atoms with E-state index in [9.17, 15) is 16.8 Å². The van der Waals surface area contributed by atoms with Gasteiger partial charge in [0.25, 0.3) is 10.1 Å². The van der Waals surface area contributed by atoms with E-state index in [1.54, 1.807) is 0 Å². The Balaban J connectivity index is 0.000000132. The lowest BCUT2D eigenvalue weighted by Crippen LogP contribution is -2.23. The van der Waals surface area contributed by atoms with E-state index in [1.165, 1.54) is 0 Å². The minimum Gasteiger partial charge on any atom is -0.270 e. The smallest absolute Gasteiger partial charge is 0.267 e. The molecule has 5 nitrogen and oxygen atoms in total. The van der Waals surface area contributed by atoms with Gasteiger partial charge in [0.1, 0.15) is 9.84 Å². The van der Waals surface area contributed by atoms with Gasteiger partial charge in [-0.2, -0.15) is 8.42 Å². The van der Waals surface area contributed by atoms with Crippen molar-refractivity contribution in [3.05, 3.63) is 0 Å². The van der Waals surface area contributed by atoms with Crippen LogP contribution in [0.5, 0.6) is 0 Å². The Morgan fingerprint density at radius 1 is 0.846 bits per heavy atom. The highest BCUT2D eigenvalue weighted by molar-refractivity contribution is 7.92. The summed E-state index contributed by atoms with van der Waals surface area (Å²) in [6.45, 7) is 0.377. The Hall–Kier alpha value is -0.140. The van der Waals surface area contributed by atoms with Crippen molar-refractivity contribution in [3.63, 3.8) is 0 Å². The van der Waals surface area contributed by atoms with Crippen molar-refractivity contribution < 1.29 is 21.0 Å². The predicted molar refractivity (Wildman–Crippen MR) is 47.6 cm³/mol. The highest BCUT2D eigenvalue weighted by Crippen LogP contribution is 2.06. The molecule has 0 saturated carbocycles. The second kappa shape index (κ2) is 3.93. The van der Waals surface area contributed by atoms with E-state index in [1.807, 2.05) is 0 Å². The first kappa shape index (κ1) is 10.9. The summed E-state index contributed by atoms with van der Waals surface area (Å²) in [7, 11) is -5.53. The molecule has 2 fully saturated rings. The third-order valence-corrected chi connectivity index (χ3v) is 4.85. The molecule has 2 aliphatic rings. The second-order valence-electron chi connectivity index (χ2n) is 2.94. The molecule has 7 heteroatoms. The van der Waals surface area contributed by atoms with Gasteiger partial charge < -0.3 is 0 Å². The fourth-order valence-electron chi connectivity index (χ4n) is 0.861. The van der Waals surface area contributed by atoms with Crippen molar-refractivity contribution in [2.45, 2.75) is 12.8 Å². The first-order valence-corrected chi connectivity index (χ1v) is 7.39. The van der Waals surface area contributed by atoms with Crippen LogP contribution in [0, 0.1) is 0 Å². The number of hydrogen-bond donors (Lipinski definition) is 0. The summed E-state index contributed by atoms with van der Waals surface area (Å²) in [6, 6.07) is 0. The summed E-state index contributed by atoms with van der Waals surface area (Å²) in [5.41, 5.74) is 0. The summed E-state index contributed by atoms with van der Waals surface area (Å²) < 4.78 is 44.9. The molecule has 2 rings (SSSR count). The molecule has 0 amide bonds. The Bertz CT molecular complexity index is 330. The van der Waals surface area contributed by atoms with E-state index in [2.05, 4.69) is 4.18 Å². The summed E-state index contributed by atoms with van der Waals surface area (Å²) in [6.07, 6.45) is 1.53. The Kier molecular flexibility index (Phi) is 3.31. The molecule has 0 radical (unpaired) electrons. The van der Waals surface area contributed by atoms with Crippen LogP contribution in [0.15, 0.2) is 0 Å². The minimum absolute atomic E-state index is 0.201. The maximum atomic E-state index is 10.2. The van der Waals surface area contributed by atoms with Gasteiger partial charge in [-0.25, -0.2) is 8.42 Å². The lowest BCUT2D eigenvalue weighted by atomic mass is 10.5. The Labute approximate surface area is 78.1 Å². The standard InChI is InChI=1S/C3H6O3S.C3H6O2S/c4-7(5)3-1-2-6-7;4-6(5)2-1-3-6/h1-3H2;1-3H2. The fraction of sp³-hybridized carbons (Fsp3) is 1.00. The van der Waals surface area contributed by atoms with Crippen LogP contribution in [0.2, 0.25) is 0 Å². The van der Waals surface area contributed by atoms with Crippen LogP contribution in [-0.4, -0.2) is 40.7 Å². The van der Waals surface area contributed by atoms with E-state index in [4.69, 9.17) is 0 Å². The van der Waals surface area contributed by atoms with Crippen LogP contribution in [0.1, 0.15) is 12.8 Å². The van der Waals surface area contributed by atoms with E-state index < -0.39 is 20.0 Å². The van der Waals surface area contributed by atoms with Gasteiger partial charge in [0.2, 0.25) is 0 Å². The molecule has 2 aliphatic heterocycles. The highest BCUT2D eigenvalue weighted by atomic mass is 32.2. The van der Waals surface area contributed by atoms with Gasteiger partial charge in [-0.15, -0.1) is 0 Å². The third-order valence-electron chi connectivity index (χ3n) is 1.71. The predicted octanol–water partition coefficient (Wildman–Crippen LogP) is -0.459. The van der Waals surface area contributed by atoms with Crippen LogP contribution in [-0.2, 0) is 24.1 Å². The molecule has 0 aromatic heterocycles. The van der Waals surface area contributed by atoms with E-state index in [0.717, 1.165) is 6.42 Å². The third kappa shape index (κ3) is 4.06. The van der Waals surface area contributed by atoms with Crippen molar-refractivity contribution in [2.75, 3.05) is 23.9 Å². The zero-order chi connectivity index (χ0) is 9.95. The molecule has 13 heavy (non-hydrogen) atoms. The molecule has 0 aliphatic carbocycles. The van der Waals surface area contributed by atoms with Crippen LogP contribution in [0.25, 0.3) is 0 Å². The highest BCUT2D eigenvalue weighted by Gasteiger charge is 2.19. The number of rotatable bonds is 0. The number of sulfone groups is 1. The van der Waals surface area contributed by atoms with Crippen LogP contribution in [0.3, 0.4) is 0 Å². The van der Waals surface area contributed by atoms with Gasteiger partial charge in [-0.3, -0.25) is 4.18 Å². The summed E-state index contributed by atoms with van der Waals surface area (Å²) in [5, 5.41) is 0. The van der Waals surface area contributed by atoms with Crippen molar-refractivity contribution >= 4 is 20.0 Å². The maximum absolute atomic E-state index is 10.2. The second-order valence-corrected chi connectivity index (χ2v) is 7.01. The first-order valence-electron chi connectivity index (χ1n) is 3.99. The molecule has 2 saturated heterocycles. The molecule has 0 atom stereocenters. The molecule has 0 N–H and O–H groups in total. The molecular weight excluding hydrogens is 216 g/mol. The van der Waals surface area contributed by atoms with Crippen molar-refractivity contribution in [3.8, 4) is 0 Å². The van der Waals surface area contributed by atoms with Crippen molar-refractivity contribution in [1.29, 1.82) is 0 Å². The molecule has 0 unspecified atom stereocenters. The lowest BCUT2D eigenvalue weighted by Gasteiger charge is -2.09. The first-order chi connectivity index (χ1) is 5.91. The van der Waals surface area contributed by atoms with Crippen LogP contribution in [0.4, 0.5) is 0 Å². The van der Waals surface area contributed by atoms with E-state index >= 15 is 0 Å². The van der Waals surface area contributed by atoms with Gasteiger partial charge in [-0.05, 0) is 12.8 Å². The molecular formula is C6H12O5S2. The van der Waals surface area contributed by atoms with Crippen molar-refractivity contribution in [1.82, 2.24) is 0 Å². The molecule has 0 spiro atoms. The lowest BCUT2D eigenvalue weighted by molar-refractivity contribution is 0.354. The Morgan fingerprint density at radius 3 is 1.46 bits per heavy atom. The molecule has 78 valence electrons. The quantitative estimate of drug-likeness (QED) is 0.524. The topological polar surface area (TPSA) is 77.5 Å². The molecule has 2 heterocycles. The van der Waals surface area contributed by atoms with Gasteiger partial charge in [0.05, 0.1) is 23.9 Å². The van der Waals surface area contributed by atoms with E-state index in [-0.39, 0.29) is 5.75 Å². The average molecular weight is 228 g/mol. The largest absolute Gasteiger partial charge is 0.270 e. The monoisotopic (exact) mass is 228 g/mol. The van der Waals surface area contributed by atoms with Gasteiger partial charge in [-0.1, -0.05) is 0 Å². The SMILES string of the molecule is O=S1(=O)CCC1.O=S1(=O)CCCO1. The van der Waals surface area contributed by atoms with Gasteiger partial charge in [0.15, 0.2) is 0 Å². The summed E-state index contributed by atoms with van der Waals surface area (Å²) in [4.78, 5) is 0. The summed E-state index contributed by atoms with van der Waals surface area (Å²) in [5.74, 6) is 1.05. The zero-order valence-corrected chi connectivity index (χ0v) is 8.73. The van der Waals surface area contributed by atoms with Gasteiger partial charge in [0, 0.05) is 0 Å². The zero-order valence-electron chi connectivity index (χ0n) is 7.10. The molecule has 0 aromatic carbocycles. The summed E-state index contributed by atoms with van der Waals surface area (Å²) >= 11 is 0.